The Bertz CT molecular complexity index is 482. The van der Waals surface area contributed by atoms with E-state index in [9.17, 15) is 10.2 Å². The topological polar surface area (TPSA) is 40.5 Å². The van der Waals surface area contributed by atoms with E-state index in [1.54, 1.807) is 0 Å². The lowest BCUT2D eigenvalue weighted by atomic mass is 9.46. The molecule has 0 amide bonds. The predicted octanol–water partition coefficient (Wildman–Crippen LogP) is 3.94. The summed E-state index contributed by atoms with van der Waals surface area (Å²) in [6.07, 6.45) is 4.47. The van der Waals surface area contributed by atoms with Gasteiger partial charge in [-0.2, -0.15) is 0 Å². The Hall–Kier alpha value is -0.600. The van der Waals surface area contributed by atoms with Crippen LogP contribution in [0.2, 0.25) is 0 Å². The molecule has 0 saturated heterocycles. The second-order valence-corrected chi connectivity index (χ2v) is 8.55. The molecule has 0 bridgehead atoms. The lowest BCUT2D eigenvalue weighted by molar-refractivity contribution is -0.142. The summed E-state index contributed by atoms with van der Waals surface area (Å²) in [6, 6.07) is 0. The van der Waals surface area contributed by atoms with Crippen LogP contribution in [0.3, 0.4) is 0 Å². The smallest absolute Gasteiger partial charge is 0.0747 e. The van der Waals surface area contributed by atoms with Gasteiger partial charge in [0.25, 0.3) is 0 Å². The molecule has 0 radical (unpaired) electrons. The molecule has 3 rings (SSSR count). The minimum Gasteiger partial charge on any atom is -0.393 e. The van der Waals surface area contributed by atoms with Gasteiger partial charge in [0, 0.05) is 5.41 Å². The molecule has 0 unspecified atom stereocenters. The van der Waals surface area contributed by atoms with Gasteiger partial charge in [-0.05, 0) is 62.2 Å². The lowest BCUT2D eigenvalue weighted by Gasteiger charge is -2.58. The van der Waals surface area contributed by atoms with Crippen LogP contribution in [-0.4, -0.2) is 22.4 Å². The van der Waals surface area contributed by atoms with Crippen molar-refractivity contribution < 1.29 is 10.2 Å². The normalized spacial score (nSPS) is 47.5. The fourth-order valence-corrected chi connectivity index (χ4v) is 6.08. The van der Waals surface area contributed by atoms with E-state index in [1.807, 2.05) is 6.92 Å². The van der Waals surface area contributed by atoms with Gasteiger partial charge in [-0.3, -0.25) is 0 Å². The largest absolute Gasteiger partial charge is 0.393 e. The highest BCUT2D eigenvalue weighted by Gasteiger charge is 2.70. The molecule has 2 heteroatoms. The summed E-state index contributed by atoms with van der Waals surface area (Å²) >= 11 is 0. The van der Waals surface area contributed by atoms with Gasteiger partial charge in [0.2, 0.25) is 0 Å². The van der Waals surface area contributed by atoms with Gasteiger partial charge in [0.1, 0.15) is 0 Å². The monoisotopic (exact) mass is 304 g/mol. The number of fused-ring (bicyclic) bond motifs is 4. The highest BCUT2D eigenvalue weighted by molar-refractivity contribution is 5.24. The third-order valence-corrected chi connectivity index (χ3v) is 7.45. The maximum absolute atomic E-state index is 10.7. The van der Waals surface area contributed by atoms with Gasteiger partial charge in [0.05, 0.1) is 12.2 Å². The average Bonchev–Trinajstić information content (AvgIpc) is 2.89. The van der Waals surface area contributed by atoms with Crippen molar-refractivity contribution in [3.8, 4) is 0 Å². The molecule has 124 valence electrons. The third-order valence-electron chi connectivity index (χ3n) is 7.45. The Balaban J connectivity index is 1.70. The SMILES string of the molecule is C=C(C)[C@@H](O)CCC(=C)[C@@H]1C[C@@H](O)[C@@]2(C)[C@@H]1[C@@H]1[C@H](C)CC[C@@H]12. The van der Waals surface area contributed by atoms with Crippen molar-refractivity contribution >= 4 is 0 Å². The maximum atomic E-state index is 10.7. The van der Waals surface area contributed by atoms with Crippen LogP contribution in [0.5, 0.6) is 0 Å². The molecule has 0 aromatic rings. The molecule has 3 saturated carbocycles. The first-order valence-corrected chi connectivity index (χ1v) is 8.97. The van der Waals surface area contributed by atoms with Crippen LogP contribution in [0.15, 0.2) is 24.3 Å². The van der Waals surface area contributed by atoms with Crippen molar-refractivity contribution in [1.29, 1.82) is 0 Å². The van der Waals surface area contributed by atoms with Crippen LogP contribution in [0, 0.1) is 35.0 Å². The molecule has 0 aromatic carbocycles. The number of aliphatic hydroxyl groups is 2. The standard InChI is InChI=1S/C20H32O2/c1-11(2)16(21)9-7-12(3)14-10-17(22)20(5)15-8-6-13(4)18(15)19(14)20/h13-19,21-22H,1,3,6-10H2,2,4-5H3/t13-,14+,15+,16+,17-,18-,19+,20+/m1/s1. The van der Waals surface area contributed by atoms with E-state index < -0.39 is 6.10 Å². The fourth-order valence-electron chi connectivity index (χ4n) is 6.08. The number of allylic oxidation sites excluding steroid dienone is 1. The Morgan fingerprint density at radius 2 is 2.00 bits per heavy atom. The quantitative estimate of drug-likeness (QED) is 0.755. The van der Waals surface area contributed by atoms with Gasteiger partial charge in [-0.25, -0.2) is 0 Å². The van der Waals surface area contributed by atoms with E-state index in [0.717, 1.165) is 36.2 Å². The van der Waals surface area contributed by atoms with Gasteiger partial charge < -0.3 is 10.2 Å². The second-order valence-electron chi connectivity index (χ2n) is 8.55. The molecule has 3 aliphatic carbocycles. The molecule has 8 atom stereocenters. The molecular weight excluding hydrogens is 272 g/mol. The zero-order valence-corrected chi connectivity index (χ0v) is 14.4. The first kappa shape index (κ1) is 16.3. The Morgan fingerprint density at radius 1 is 1.32 bits per heavy atom. The lowest BCUT2D eigenvalue weighted by Crippen LogP contribution is -2.57. The van der Waals surface area contributed by atoms with E-state index in [1.165, 1.54) is 18.4 Å². The first-order chi connectivity index (χ1) is 10.3. The zero-order chi connectivity index (χ0) is 16.2. The summed E-state index contributed by atoms with van der Waals surface area (Å²) in [5.74, 6) is 3.36. The molecule has 3 aliphatic rings. The van der Waals surface area contributed by atoms with Gasteiger partial charge in [0.15, 0.2) is 0 Å². The summed E-state index contributed by atoms with van der Waals surface area (Å²) in [4.78, 5) is 0. The molecule has 0 heterocycles. The summed E-state index contributed by atoms with van der Waals surface area (Å²) < 4.78 is 0. The number of rotatable bonds is 5. The molecule has 0 spiro atoms. The minimum atomic E-state index is -0.422. The summed E-state index contributed by atoms with van der Waals surface area (Å²) in [7, 11) is 0. The van der Waals surface area contributed by atoms with E-state index in [-0.39, 0.29) is 11.5 Å². The van der Waals surface area contributed by atoms with Crippen molar-refractivity contribution in [2.45, 2.75) is 65.1 Å². The van der Waals surface area contributed by atoms with Crippen molar-refractivity contribution in [2.75, 3.05) is 0 Å². The summed E-state index contributed by atoms with van der Waals surface area (Å²) in [6.45, 7) is 14.7. The van der Waals surface area contributed by atoms with Crippen molar-refractivity contribution in [2.24, 2.45) is 35.0 Å². The Kier molecular flexibility index (Phi) is 4.06. The van der Waals surface area contributed by atoms with E-state index >= 15 is 0 Å². The zero-order valence-electron chi connectivity index (χ0n) is 14.4. The molecule has 0 aliphatic heterocycles. The van der Waals surface area contributed by atoms with Gasteiger partial charge in [-0.15, -0.1) is 0 Å². The number of hydrogen-bond acceptors (Lipinski definition) is 2. The van der Waals surface area contributed by atoms with E-state index in [2.05, 4.69) is 27.0 Å². The van der Waals surface area contributed by atoms with Crippen LogP contribution in [-0.2, 0) is 0 Å². The number of hydrogen-bond donors (Lipinski definition) is 2. The van der Waals surface area contributed by atoms with E-state index in [0.29, 0.717) is 18.3 Å². The van der Waals surface area contributed by atoms with Crippen molar-refractivity contribution in [1.82, 2.24) is 0 Å². The summed E-state index contributed by atoms with van der Waals surface area (Å²) in [5.41, 5.74) is 2.19. The Morgan fingerprint density at radius 3 is 2.64 bits per heavy atom. The molecular formula is C20H32O2. The van der Waals surface area contributed by atoms with Crippen molar-refractivity contribution in [3.05, 3.63) is 24.3 Å². The molecule has 22 heavy (non-hydrogen) atoms. The van der Waals surface area contributed by atoms with Crippen LogP contribution in [0.1, 0.15) is 52.9 Å². The second kappa shape index (κ2) is 5.49. The number of aliphatic hydroxyl groups excluding tert-OH is 2. The van der Waals surface area contributed by atoms with Crippen LogP contribution in [0.4, 0.5) is 0 Å². The highest BCUT2D eigenvalue weighted by Crippen LogP contribution is 2.73. The molecule has 0 aromatic heterocycles. The fraction of sp³-hybridized carbons (Fsp3) is 0.800. The van der Waals surface area contributed by atoms with Crippen molar-refractivity contribution in [3.63, 3.8) is 0 Å². The predicted molar refractivity (Wildman–Crippen MR) is 90.3 cm³/mol. The average molecular weight is 304 g/mol. The molecule has 2 N–H and O–H groups in total. The maximum Gasteiger partial charge on any atom is 0.0747 e. The van der Waals surface area contributed by atoms with Crippen LogP contribution < -0.4 is 0 Å². The minimum absolute atomic E-state index is 0.121. The van der Waals surface area contributed by atoms with E-state index in [4.69, 9.17) is 0 Å². The van der Waals surface area contributed by atoms with Crippen LogP contribution >= 0.6 is 0 Å². The Labute approximate surface area is 135 Å². The highest BCUT2D eigenvalue weighted by atomic mass is 16.3. The molecule has 2 nitrogen and oxygen atoms in total. The van der Waals surface area contributed by atoms with Gasteiger partial charge in [-0.1, -0.05) is 44.6 Å². The first-order valence-electron chi connectivity index (χ1n) is 8.97. The van der Waals surface area contributed by atoms with Crippen LogP contribution in [0.25, 0.3) is 0 Å². The molecule has 3 fully saturated rings. The third kappa shape index (κ3) is 2.14. The van der Waals surface area contributed by atoms with Gasteiger partial charge >= 0.3 is 0 Å². The summed E-state index contributed by atoms with van der Waals surface area (Å²) in [5, 5.41) is 20.6.